The van der Waals surface area contributed by atoms with E-state index in [0.29, 0.717) is 5.76 Å². The van der Waals surface area contributed by atoms with E-state index in [4.69, 9.17) is 4.74 Å². The van der Waals surface area contributed by atoms with E-state index in [0.717, 1.165) is 12.0 Å². The van der Waals surface area contributed by atoms with E-state index in [1.54, 1.807) is 4.90 Å². The highest BCUT2D eigenvalue weighted by Crippen LogP contribution is 2.24. The first-order valence-corrected chi connectivity index (χ1v) is 6.54. The molecule has 0 spiro atoms. The predicted octanol–water partition coefficient (Wildman–Crippen LogP) is 4.07. The van der Waals surface area contributed by atoms with E-state index in [9.17, 15) is 4.79 Å². The molecule has 1 rings (SSSR count). The van der Waals surface area contributed by atoms with Gasteiger partial charge in [-0.05, 0) is 53.5 Å². The molecule has 1 radical (unpaired) electrons. The molecule has 0 saturated heterocycles. The molecule has 1 amide bonds. The number of rotatable bonds is 3. The highest BCUT2D eigenvalue weighted by atomic mass is 16.6. The molecule has 3 nitrogen and oxygen atoms in total. The minimum atomic E-state index is -0.265. The first-order chi connectivity index (χ1) is 8.32. The van der Waals surface area contributed by atoms with Crippen LogP contribution in [0, 0.1) is 6.42 Å². The Hall–Kier alpha value is -1.25. The number of carbonyl (C=O) groups is 1. The first kappa shape index (κ1) is 14.8. The molecular formula is C15H24NO2. The second kappa shape index (κ2) is 6.07. The van der Waals surface area contributed by atoms with Crippen LogP contribution >= 0.6 is 0 Å². The largest absolute Gasteiger partial charge is 0.415 e. The van der Waals surface area contributed by atoms with Gasteiger partial charge in [-0.2, -0.15) is 0 Å². The van der Waals surface area contributed by atoms with Gasteiger partial charge in [0.1, 0.15) is 5.76 Å². The van der Waals surface area contributed by atoms with Crippen molar-refractivity contribution in [2.45, 2.75) is 60.0 Å². The summed E-state index contributed by atoms with van der Waals surface area (Å²) in [7, 11) is 0. The topological polar surface area (TPSA) is 29.5 Å². The van der Waals surface area contributed by atoms with Crippen molar-refractivity contribution in [1.29, 1.82) is 0 Å². The van der Waals surface area contributed by atoms with Gasteiger partial charge in [0.05, 0.1) is 0 Å². The number of allylic oxidation sites excluding steroid dienone is 4. The van der Waals surface area contributed by atoms with Crippen molar-refractivity contribution in [2.75, 3.05) is 0 Å². The molecule has 0 heterocycles. The number of ether oxygens (including phenoxy) is 1. The van der Waals surface area contributed by atoms with Crippen molar-refractivity contribution in [2.24, 2.45) is 0 Å². The first-order valence-electron chi connectivity index (χ1n) is 6.54. The van der Waals surface area contributed by atoms with Crippen molar-refractivity contribution in [3.8, 4) is 0 Å². The Morgan fingerprint density at radius 2 is 1.78 bits per heavy atom. The maximum Gasteiger partial charge on any atom is 0.415 e. The van der Waals surface area contributed by atoms with Crippen LogP contribution in [0.1, 0.15) is 48.0 Å². The summed E-state index contributed by atoms with van der Waals surface area (Å²) in [5.41, 5.74) is 2.30. The lowest BCUT2D eigenvalue weighted by molar-refractivity contribution is 0.102. The minimum absolute atomic E-state index is 0.138. The molecular weight excluding hydrogens is 226 g/mol. The van der Waals surface area contributed by atoms with Crippen molar-refractivity contribution in [1.82, 2.24) is 4.90 Å². The summed E-state index contributed by atoms with van der Waals surface area (Å²) in [6.07, 6.45) is 4.63. The van der Waals surface area contributed by atoms with Gasteiger partial charge in [0, 0.05) is 18.5 Å². The SMILES string of the molecule is CC1=CC(C)=C(OC(=O)N(C(C)C)C(C)C)[CH]C1. The van der Waals surface area contributed by atoms with Crippen LogP contribution in [0.15, 0.2) is 23.0 Å². The standard InChI is InChI=1S/C15H24NO2/c1-10(2)16(11(3)4)15(17)18-14-8-7-12(5)9-13(14)6/h8-11H,7H2,1-6H3. The van der Waals surface area contributed by atoms with Crippen LogP contribution in [0.5, 0.6) is 0 Å². The van der Waals surface area contributed by atoms with E-state index in [1.165, 1.54) is 5.57 Å². The van der Waals surface area contributed by atoms with E-state index < -0.39 is 0 Å². The van der Waals surface area contributed by atoms with E-state index in [2.05, 4.69) is 13.0 Å². The van der Waals surface area contributed by atoms with Crippen LogP contribution in [0.25, 0.3) is 0 Å². The smallest absolute Gasteiger partial charge is 0.414 e. The summed E-state index contributed by atoms with van der Waals surface area (Å²) in [5, 5.41) is 0. The van der Waals surface area contributed by atoms with Crippen LogP contribution in [0.3, 0.4) is 0 Å². The zero-order valence-electron chi connectivity index (χ0n) is 12.3. The van der Waals surface area contributed by atoms with Gasteiger partial charge in [-0.3, -0.25) is 0 Å². The monoisotopic (exact) mass is 250 g/mol. The highest BCUT2D eigenvalue weighted by molar-refractivity contribution is 5.70. The summed E-state index contributed by atoms with van der Waals surface area (Å²) >= 11 is 0. The molecule has 0 fully saturated rings. The van der Waals surface area contributed by atoms with Crippen molar-refractivity contribution < 1.29 is 9.53 Å². The molecule has 1 aliphatic rings. The Labute approximate surface area is 110 Å². The highest BCUT2D eigenvalue weighted by Gasteiger charge is 2.24. The van der Waals surface area contributed by atoms with Gasteiger partial charge in [-0.25, -0.2) is 4.79 Å². The third kappa shape index (κ3) is 3.62. The second-order valence-corrected chi connectivity index (χ2v) is 5.41. The second-order valence-electron chi connectivity index (χ2n) is 5.41. The molecule has 0 saturated carbocycles. The van der Waals surface area contributed by atoms with Crippen molar-refractivity contribution >= 4 is 6.09 Å². The fourth-order valence-corrected chi connectivity index (χ4v) is 2.20. The predicted molar refractivity (Wildman–Crippen MR) is 74.0 cm³/mol. The van der Waals surface area contributed by atoms with Crippen molar-refractivity contribution in [3.63, 3.8) is 0 Å². The number of hydrogen-bond donors (Lipinski definition) is 0. The average molecular weight is 250 g/mol. The van der Waals surface area contributed by atoms with Gasteiger partial charge < -0.3 is 9.64 Å². The van der Waals surface area contributed by atoms with Crippen molar-refractivity contribution in [3.05, 3.63) is 29.4 Å². The summed E-state index contributed by atoms with van der Waals surface area (Å²) in [6, 6.07) is 0.276. The number of nitrogens with zero attached hydrogens (tertiary/aromatic N) is 1. The molecule has 0 unspecified atom stereocenters. The lowest BCUT2D eigenvalue weighted by Gasteiger charge is -2.30. The van der Waals surface area contributed by atoms with Gasteiger partial charge >= 0.3 is 6.09 Å². The van der Waals surface area contributed by atoms with Crippen LogP contribution in [0.2, 0.25) is 0 Å². The van der Waals surface area contributed by atoms with Gasteiger partial charge in [-0.15, -0.1) is 0 Å². The minimum Gasteiger partial charge on any atom is -0.414 e. The average Bonchev–Trinajstić information content (AvgIpc) is 2.21. The van der Waals surface area contributed by atoms with E-state index in [-0.39, 0.29) is 18.2 Å². The lowest BCUT2D eigenvalue weighted by atomic mass is 10.00. The summed E-state index contributed by atoms with van der Waals surface area (Å²) in [6.45, 7) is 12.0. The Kier molecular flexibility index (Phi) is 5.00. The Morgan fingerprint density at radius 3 is 2.22 bits per heavy atom. The number of hydrogen-bond acceptors (Lipinski definition) is 2. The molecule has 0 atom stereocenters. The lowest BCUT2D eigenvalue weighted by Crippen LogP contribution is -2.42. The molecule has 0 bridgehead atoms. The van der Waals surface area contributed by atoms with Crippen LogP contribution in [0.4, 0.5) is 4.79 Å². The summed E-state index contributed by atoms with van der Waals surface area (Å²) in [4.78, 5) is 13.9. The fraction of sp³-hybridized carbons (Fsp3) is 0.600. The Balaban J connectivity index is 2.78. The maximum absolute atomic E-state index is 12.2. The molecule has 0 aromatic rings. The molecule has 101 valence electrons. The quantitative estimate of drug-likeness (QED) is 0.755. The molecule has 0 N–H and O–H groups in total. The fourth-order valence-electron chi connectivity index (χ4n) is 2.20. The van der Waals surface area contributed by atoms with Gasteiger partial charge in [-0.1, -0.05) is 11.6 Å². The normalized spacial score (nSPS) is 16.1. The Bertz CT molecular complexity index is 370. The van der Waals surface area contributed by atoms with Gasteiger partial charge in [0.2, 0.25) is 0 Å². The zero-order valence-corrected chi connectivity index (χ0v) is 12.3. The van der Waals surface area contributed by atoms with Crippen LogP contribution in [-0.4, -0.2) is 23.1 Å². The molecule has 1 aliphatic carbocycles. The molecule has 3 heteroatoms. The van der Waals surface area contributed by atoms with Gasteiger partial charge in [0.15, 0.2) is 0 Å². The molecule has 18 heavy (non-hydrogen) atoms. The number of amides is 1. The third-order valence-electron chi connectivity index (χ3n) is 2.98. The maximum atomic E-state index is 12.2. The zero-order chi connectivity index (χ0) is 13.9. The number of carbonyl (C=O) groups excluding carboxylic acids is 1. The van der Waals surface area contributed by atoms with Crippen LogP contribution < -0.4 is 0 Å². The molecule has 0 aromatic carbocycles. The summed E-state index contributed by atoms with van der Waals surface area (Å²) < 4.78 is 5.50. The van der Waals surface area contributed by atoms with E-state index in [1.807, 2.05) is 41.0 Å². The van der Waals surface area contributed by atoms with Gasteiger partial charge in [0.25, 0.3) is 0 Å². The van der Waals surface area contributed by atoms with Crippen LogP contribution in [-0.2, 0) is 4.74 Å². The Morgan fingerprint density at radius 1 is 1.22 bits per heavy atom. The van der Waals surface area contributed by atoms with E-state index >= 15 is 0 Å². The molecule has 0 aliphatic heterocycles. The molecule has 0 aromatic heterocycles. The third-order valence-corrected chi connectivity index (χ3v) is 2.98. The summed E-state index contributed by atoms with van der Waals surface area (Å²) in [5.74, 6) is 0.692.